The van der Waals surface area contributed by atoms with Crippen LogP contribution in [0.25, 0.3) is 0 Å². The zero-order chi connectivity index (χ0) is 20.3. The van der Waals surface area contributed by atoms with Gasteiger partial charge in [-0.05, 0) is 12.1 Å². The highest BCUT2D eigenvalue weighted by Gasteiger charge is 2.73. The van der Waals surface area contributed by atoms with Gasteiger partial charge in [0.1, 0.15) is 0 Å². The molecule has 0 atom stereocenters. The molecule has 2 aromatic carbocycles. The molecule has 0 spiro atoms. The van der Waals surface area contributed by atoms with E-state index in [1.165, 1.54) is 0 Å². The van der Waals surface area contributed by atoms with Gasteiger partial charge in [-0.1, -0.05) is 36.4 Å². The molecule has 0 aliphatic heterocycles. The van der Waals surface area contributed by atoms with E-state index in [2.05, 4.69) is 9.98 Å². The average Bonchev–Trinajstić information content (AvgIpc) is 2.56. The second-order valence-electron chi connectivity index (χ2n) is 5.19. The highest BCUT2D eigenvalue weighted by molar-refractivity contribution is 5.66. The number of carbonyl (C=O) groups excluding carboxylic acids is 2. The lowest BCUT2D eigenvalue weighted by Crippen LogP contribution is -2.54. The summed E-state index contributed by atoms with van der Waals surface area (Å²) in [5.41, 5.74) is -9.03. The molecule has 0 aliphatic carbocycles. The molecule has 4 nitrogen and oxygen atoms in total. The maximum absolute atomic E-state index is 14.1. The van der Waals surface area contributed by atoms with Crippen molar-refractivity contribution in [2.75, 3.05) is 0 Å². The first-order valence-corrected chi connectivity index (χ1v) is 7.09. The molecule has 0 N–H and O–H groups in total. The van der Waals surface area contributed by atoms with E-state index in [4.69, 9.17) is 0 Å². The van der Waals surface area contributed by atoms with Crippen LogP contribution in [-0.4, -0.2) is 24.5 Å². The van der Waals surface area contributed by atoms with Gasteiger partial charge in [-0.3, -0.25) is 0 Å². The molecule has 10 heteroatoms. The topological polar surface area (TPSA) is 58.9 Å². The fourth-order valence-electron chi connectivity index (χ4n) is 2.79. The Morgan fingerprint density at radius 2 is 0.963 bits per heavy atom. The Labute approximate surface area is 147 Å². The first-order chi connectivity index (χ1) is 12.6. The molecule has 0 fully saturated rings. The lowest BCUT2D eigenvalue weighted by Gasteiger charge is -2.39. The van der Waals surface area contributed by atoms with Crippen LogP contribution in [0, 0.1) is 0 Å². The fraction of sp³-hybridized carbons (Fsp3) is 0.176. The van der Waals surface area contributed by atoms with Gasteiger partial charge in [0, 0.05) is 11.1 Å². The summed E-state index contributed by atoms with van der Waals surface area (Å²) in [6.07, 6.45) is -9.95. The Kier molecular flexibility index (Phi) is 5.35. The molecule has 2 aromatic rings. The van der Waals surface area contributed by atoms with Crippen LogP contribution in [0.2, 0.25) is 0 Å². The van der Waals surface area contributed by atoms with Gasteiger partial charge in [0.05, 0.1) is 11.4 Å². The molecule has 0 heterocycles. The summed E-state index contributed by atoms with van der Waals surface area (Å²) in [7, 11) is 0. The van der Waals surface area contributed by atoms with Crippen LogP contribution < -0.4 is 0 Å². The summed E-state index contributed by atoms with van der Waals surface area (Å²) in [5.74, 6) is 0. The SMILES string of the molecule is O=C=Nc1ccccc1C(c1ccccc1N=C=O)(C(F)(F)F)C(F)(F)F. The largest absolute Gasteiger partial charge is 0.411 e. The van der Waals surface area contributed by atoms with Crippen molar-refractivity contribution in [1.29, 1.82) is 0 Å². The van der Waals surface area contributed by atoms with Crippen LogP contribution in [-0.2, 0) is 15.0 Å². The van der Waals surface area contributed by atoms with Crippen molar-refractivity contribution in [1.82, 2.24) is 0 Å². The normalized spacial score (nSPS) is 12.1. The molecular formula is C17H8F6N2O2. The van der Waals surface area contributed by atoms with Gasteiger partial charge in [0.15, 0.2) is 0 Å². The minimum atomic E-state index is -5.92. The van der Waals surface area contributed by atoms with E-state index in [-0.39, 0.29) is 0 Å². The quantitative estimate of drug-likeness (QED) is 0.420. The Balaban J connectivity index is 3.13. The number of benzene rings is 2. The molecule has 0 aromatic heterocycles. The van der Waals surface area contributed by atoms with E-state index >= 15 is 0 Å². The number of para-hydroxylation sites is 2. The summed E-state index contributed by atoms with van der Waals surface area (Å²) < 4.78 is 84.5. The number of hydrogen-bond acceptors (Lipinski definition) is 4. The van der Waals surface area contributed by atoms with Crippen molar-refractivity contribution in [2.24, 2.45) is 9.98 Å². The van der Waals surface area contributed by atoms with E-state index in [1.54, 1.807) is 0 Å². The zero-order valence-electron chi connectivity index (χ0n) is 13.1. The van der Waals surface area contributed by atoms with Crippen molar-refractivity contribution >= 4 is 23.5 Å². The van der Waals surface area contributed by atoms with Crippen molar-refractivity contribution in [3.63, 3.8) is 0 Å². The third-order valence-electron chi connectivity index (χ3n) is 3.80. The van der Waals surface area contributed by atoms with E-state index in [9.17, 15) is 35.9 Å². The standard InChI is InChI=1S/C17H8F6N2O2/c18-16(19,20)15(17(21,22)23,11-5-1-3-7-13(11)24-9-26)12-6-2-4-8-14(12)25-10-27/h1-8H. The minimum Gasteiger partial charge on any atom is -0.211 e. The molecule has 0 aliphatic rings. The average molecular weight is 386 g/mol. The van der Waals surface area contributed by atoms with Crippen molar-refractivity contribution < 1.29 is 35.9 Å². The number of isocyanates is 2. The van der Waals surface area contributed by atoms with Crippen LogP contribution in [0.4, 0.5) is 37.7 Å². The number of rotatable bonds is 4. The maximum Gasteiger partial charge on any atom is 0.411 e. The van der Waals surface area contributed by atoms with Crippen LogP contribution >= 0.6 is 0 Å². The van der Waals surface area contributed by atoms with Gasteiger partial charge in [-0.2, -0.15) is 36.3 Å². The van der Waals surface area contributed by atoms with Crippen LogP contribution in [0.3, 0.4) is 0 Å². The highest BCUT2D eigenvalue weighted by Crippen LogP contribution is 2.59. The van der Waals surface area contributed by atoms with Gasteiger partial charge < -0.3 is 0 Å². The predicted octanol–water partition coefficient (Wildman–Crippen LogP) is 5.03. The summed E-state index contributed by atoms with van der Waals surface area (Å²) in [5, 5.41) is 0. The first kappa shape index (κ1) is 20.1. The molecule has 0 unspecified atom stereocenters. The maximum atomic E-state index is 14.1. The van der Waals surface area contributed by atoms with E-state index in [1.807, 2.05) is 0 Å². The van der Waals surface area contributed by atoms with Crippen molar-refractivity contribution in [2.45, 2.75) is 17.8 Å². The summed E-state index contributed by atoms with van der Waals surface area (Å²) >= 11 is 0. The van der Waals surface area contributed by atoms with Gasteiger partial charge in [0.25, 0.3) is 0 Å². The van der Waals surface area contributed by atoms with Crippen LogP contribution in [0.5, 0.6) is 0 Å². The Morgan fingerprint density at radius 1 is 0.630 bits per heavy atom. The third kappa shape index (κ3) is 3.28. The van der Waals surface area contributed by atoms with Gasteiger partial charge >= 0.3 is 12.4 Å². The molecular weight excluding hydrogens is 378 g/mol. The van der Waals surface area contributed by atoms with E-state index in [0.29, 0.717) is 12.1 Å². The molecule has 140 valence electrons. The Morgan fingerprint density at radius 3 is 1.26 bits per heavy atom. The minimum absolute atomic E-state index is 0.554. The van der Waals surface area contributed by atoms with Crippen LogP contribution in [0.15, 0.2) is 58.5 Å². The van der Waals surface area contributed by atoms with Gasteiger partial charge in [-0.25, -0.2) is 9.59 Å². The first-order valence-electron chi connectivity index (χ1n) is 7.09. The Bertz CT molecular complexity index is 861. The van der Waals surface area contributed by atoms with Crippen molar-refractivity contribution in [3.05, 3.63) is 59.7 Å². The smallest absolute Gasteiger partial charge is 0.211 e. The van der Waals surface area contributed by atoms with Crippen molar-refractivity contribution in [3.8, 4) is 0 Å². The highest BCUT2D eigenvalue weighted by atomic mass is 19.4. The molecule has 0 bridgehead atoms. The monoisotopic (exact) mass is 386 g/mol. The van der Waals surface area contributed by atoms with Crippen LogP contribution in [0.1, 0.15) is 11.1 Å². The number of halogens is 6. The molecule has 0 radical (unpaired) electrons. The zero-order valence-corrected chi connectivity index (χ0v) is 13.1. The second kappa shape index (κ2) is 7.19. The summed E-state index contributed by atoms with van der Waals surface area (Å²) in [6, 6.07) is 6.86. The number of alkyl halides is 6. The third-order valence-corrected chi connectivity index (χ3v) is 3.80. The van der Waals surface area contributed by atoms with E-state index < -0.39 is 40.3 Å². The lowest BCUT2D eigenvalue weighted by molar-refractivity contribution is -0.288. The molecule has 27 heavy (non-hydrogen) atoms. The molecule has 0 saturated carbocycles. The van der Waals surface area contributed by atoms with Gasteiger partial charge in [0.2, 0.25) is 17.6 Å². The summed E-state index contributed by atoms with van der Waals surface area (Å²) in [6.45, 7) is 0. The lowest BCUT2D eigenvalue weighted by atomic mass is 9.71. The summed E-state index contributed by atoms with van der Waals surface area (Å²) in [4.78, 5) is 27.0. The Hall–Kier alpha value is -3.22. The predicted molar refractivity (Wildman–Crippen MR) is 81.3 cm³/mol. The number of aliphatic imine (C=N–C) groups is 2. The molecule has 0 saturated heterocycles. The molecule has 0 amide bonds. The number of hydrogen-bond donors (Lipinski definition) is 0. The molecule has 2 rings (SSSR count). The fourth-order valence-corrected chi connectivity index (χ4v) is 2.79. The second-order valence-corrected chi connectivity index (χ2v) is 5.19. The number of nitrogens with zero attached hydrogens (tertiary/aromatic N) is 2. The van der Waals surface area contributed by atoms with Gasteiger partial charge in [-0.15, -0.1) is 0 Å². The van der Waals surface area contributed by atoms with E-state index in [0.717, 1.165) is 48.6 Å².